The molecular weight excluding hydrogens is 526 g/mol. The number of halogens is 2. The molecule has 2 aromatic carbocycles. The summed E-state index contributed by atoms with van der Waals surface area (Å²) in [6, 6.07) is 14.9. The Balaban J connectivity index is 1.54. The maximum absolute atomic E-state index is 13.7. The average molecular weight is 555 g/mol. The molecule has 0 radical (unpaired) electrons. The number of alkyl halides is 2. The lowest BCUT2D eigenvalue weighted by Crippen LogP contribution is -2.46. The van der Waals surface area contributed by atoms with Crippen LogP contribution in [0.1, 0.15) is 24.2 Å². The zero-order valence-electron chi connectivity index (χ0n) is 20.2. The van der Waals surface area contributed by atoms with E-state index in [1.807, 2.05) is 0 Å². The number of sulfone groups is 1. The van der Waals surface area contributed by atoms with E-state index in [4.69, 9.17) is 4.42 Å². The van der Waals surface area contributed by atoms with E-state index in [0.29, 0.717) is 43.8 Å². The third kappa shape index (κ3) is 6.75. The highest BCUT2D eigenvalue weighted by atomic mass is 32.2. The smallest absolute Gasteiger partial charge is 0.387 e. The quantitative estimate of drug-likeness (QED) is 0.372. The lowest BCUT2D eigenvalue weighted by atomic mass is 10.0. The first-order valence-electron chi connectivity index (χ1n) is 11.6. The molecule has 0 unspecified atom stereocenters. The normalized spacial score (nSPS) is 15.9. The van der Waals surface area contributed by atoms with E-state index < -0.39 is 26.5 Å². The number of ether oxygens (including phenoxy) is 1. The van der Waals surface area contributed by atoms with Crippen LogP contribution in [0.5, 0.6) is 5.75 Å². The molecule has 0 spiro atoms. The second-order valence-corrected chi connectivity index (χ2v) is 12.8. The van der Waals surface area contributed by atoms with Gasteiger partial charge in [0, 0.05) is 37.5 Å². The van der Waals surface area contributed by atoms with Gasteiger partial charge in [-0.1, -0.05) is 24.3 Å². The van der Waals surface area contributed by atoms with Gasteiger partial charge in [-0.3, -0.25) is 4.90 Å². The molecule has 0 amide bonds. The molecular formula is C25H28F2N2O6S2. The molecule has 0 aliphatic carbocycles. The van der Waals surface area contributed by atoms with Crippen LogP contribution in [0.15, 0.2) is 81.1 Å². The summed E-state index contributed by atoms with van der Waals surface area (Å²) in [7, 11) is -7.67. The zero-order chi connectivity index (χ0) is 26.6. The number of piperidine rings is 1. The fraction of sp³-hybridized carbons (Fsp3) is 0.360. The minimum atomic E-state index is -4.07. The van der Waals surface area contributed by atoms with Crippen LogP contribution in [0, 0.1) is 0 Å². The van der Waals surface area contributed by atoms with Crippen LogP contribution in [-0.2, 0) is 33.0 Å². The summed E-state index contributed by atoms with van der Waals surface area (Å²) in [5, 5.41) is 0. The largest absolute Gasteiger partial charge is 0.468 e. The average Bonchev–Trinajstić information content (AvgIpc) is 3.37. The monoisotopic (exact) mass is 554 g/mol. The number of likely N-dealkylation sites (tertiary alicyclic amines) is 1. The molecule has 3 aromatic rings. The Kier molecular flexibility index (Phi) is 8.32. The maximum atomic E-state index is 13.7. The molecule has 8 nitrogen and oxygen atoms in total. The van der Waals surface area contributed by atoms with E-state index in [9.17, 15) is 25.6 Å². The lowest BCUT2D eigenvalue weighted by molar-refractivity contribution is -0.0508. The Hall–Kier alpha value is -2.80. The minimum Gasteiger partial charge on any atom is -0.468 e. The summed E-state index contributed by atoms with van der Waals surface area (Å²) < 4.78 is 88.5. The molecule has 0 atom stereocenters. The van der Waals surface area contributed by atoms with Crippen molar-refractivity contribution in [2.45, 2.75) is 48.4 Å². The fourth-order valence-corrected chi connectivity index (χ4v) is 6.86. The van der Waals surface area contributed by atoms with Gasteiger partial charge in [-0.15, -0.1) is 0 Å². The Morgan fingerprint density at radius 1 is 1.00 bits per heavy atom. The first-order valence-corrected chi connectivity index (χ1v) is 15.0. The maximum Gasteiger partial charge on any atom is 0.387 e. The third-order valence-electron chi connectivity index (χ3n) is 6.28. The van der Waals surface area contributed by atoms with E-state index in [1.165, 1.54) is 40.9 Å². The van der Waals surface area contributed by atoms with E-state index in [2.05, 4.69) is 9.64 Å². The Morgan fingerprint density at radius 3 is 2.35 bits per heavy atom. The lowest BCUT2D eigenvalue weighted by Gasteiger charge is -2.37. The molecule has 1 fully saturated rings. The Morgan fingerprint density at radius 2 is 1.70 bits per heavy atom. The highest BCUT2D eigenvalue weighted by molar-refractivity contribution is 7.91. The van der Waals surface area contributed by atoms with E-state index in [0.717, 1.165) is 6.26 Å². The van der Waals surface area contributed by atoms with E-state index in [1.54, 1.807) is 30.3 Å². The van der Waals surface area contributed by atoms with Crippen LogP contribution in [0.4, 0.5) is 8.78 Å². The molecule has 0 saturated carbocycles. The van der Waals surface area contributed by atoms with Crippen LogP contribution < -0.4 is 4.74 Å². The molecule has 4 rings (SSSR count). The van der Waals surface area contributed by atoms with Crippen LogP contribution >= 0.6 is 0 Å². The SMILES string of the molecule is CS(=O)(=O)c1cccc(S(=O)(=O)N(Cc2ccco2)C2CCN(Cc3ccccc3OC(F)F)CC2)c1. The summed E-state index contributed by atoms with van der Waals surface area (Å²) in [5.74, 6) is 0.579. The second-order valence-electron chi connectivity index (χ2n) is 8.87. The number of rotatable bonds is 10. The number of benzene rings is 2. The Labute approximate surface area is 215 Å². The zero-order valence-corrected chi connectivity index (χ0v) is 21.8. The highest BCUT2D eigenvalue weighted by Gasteiger charge is 2.35. The molecule has 0 bridgehead atoms. The first kappa shape index (κ1) is 27.2. The van der Waals surface area contributed by atoms with Crippen molar-refractivity contribution in [2.24, 2.45) is 0 Å². The van der Waals surface area contributed by atoms with Crippen molar-refractivity contribution < 1.29 is 34.8 Å². The molecule has 1 aliphatic heterocycles. The van der Waals surface area contributed by atoms with Crippen molar-refractivity contribution in [1.29, 1.82) is 0 Å². The summed E-state index contributed by atoms with van der Waals surface area (Å²) in [6.07, 6.45) is 3.47. The predicted octanol–water partition coefficient (Wildman–Crippen LogP) is 4.14. The van der Waals surface area contributed by atoms with Gasteiger partial charge >= 0.3 is 6.61 Å². The van der Waals surface area contributed by atoms with Crippen molar-refractivity contribution in [3.63, 3.8) is 0 Å². The van der Waals surface area contributed by atoms with Crippen LogP contribution in [0.25, 0.3) is 0 Å². The summed E-state index contributed by atoms with van der Waals surface area (Å²) in [6.45, 7) is -1.48. The number of nitrogens with zero attached hydrogens (tertiary/aromatic N) is 2. The van der Waals surface area contributed by atoms with Crippen molar-refractivity contribution in [3.05, 3.63) is 78.3 Å². The molecule has 0 N–H and O–H groups in total. The van der Waals surface area contributed by atoms with Crippen molar-refractivity contribution in [1.82, 2.24) is 9.21 Å². The number of hydrogen-bond donors (Lipinski definition) is 0. The molecule has 12 heteroatoms. The van der Waals surface area contributed by atoms with E-state index >= 15 is 0 Å². The van der Waals surface area contributed by atoms with Crippen LogP contribution in [0.3, 0.4) is 0 Å². The molecule has 2 heterocycles. The summed E-state index contributed by atoms with van der Waals surface area (Å²) in [4.78, 5) is 1.88. The topological polar surface area (TPSA) is 97.1 Å². The third-order valence-corrected chi connectivity index (χ3v) is 9.28. The molecule has 1 aromatic heterocycles. The highest BCUT2D eigenvalue weighted by Crippen LogP contribution is 2.29. The van der Waals surface area contributed by atoms with Crippen molar-refractivity contribution in [2.75, 3.05) is 19.3 Å². The van der Waals surface area contributed by atoms with Gasteiger partial charge in [0.25, 0.3) is 0 Å². The number of sulfonamides is 1. The van der Waals surface area contributed by atoms with Gasteiger partial charge in [-0.05, 0) is 49.2 Å². The van der Waals surface area contributed by atoms with E-state index in [-0.39, 0.29) is 28.1 Å². The van der Waals surface area contributed by atoms with Gasteiger partial charge in [0.2, 0.25) is 10.0 Å². The number of furan rings is 1. The van der Waals surface area contributed by atoms with Crippen LogP contribution in [0.2, 0.25) is 0 Å². The van der Waals surface area contributed by atoms with Crippen LogP contribution in [-0.4, -0.2) is 58.0 Å². The second kappa shape index (κ2) is 11.3. The molecule has 200 valence electrons. The first-order chi connectivity index (χ1) is 17.5. The van der Waals surface area contributed by atoms with Gasteiger partial charge in [0.15, 0.2) is 9.84 Å². The molecule has 1 saturated heterocycles. The predicted molar refractivity (Wildman–Crippen MR) is 132 cm³/mol. The van der Waals surface area contributed by atoms with Gasteiger partial charge in [0.1, 0.15) is 11.5 Å². The Bertz CT molecular complexity index is 1400. The van der Waals surface area contributed by atoms with Gasteiger partial charge in [0.05, 0.1) is 22.6 Å². The van der Waals surface area contributed by atoms with Gasteiger partial charge < -0.3 is 9.15 Å². The number of para-hydroxylation sites is 1. The summed E-state index contributed by atoms with van der Waals surface area (Å²) in [5.41, 5.74) is 0.624. The van der Waals surface area contributed by atoms with Gasteiger partial charge in [-0.25, -0.2) is 16.8 Å². The van der Waals surface area contributed by atoms with Gasteiger partial charge in [-0.2, -0.15) is 13.1 Å². The number of hydrogen-bond acceptors (Lipinski definition) is 7. The van der Waals surface area contributed by atoms with Crippen molar-refractivity contribution >= 4 is 19.9 Å². The molecule has 1 aliphatic rings. The fourth-order valence-electron chi connectivity index (χ4n) is 4.42. The van der Waals surface area contributed by atoms with Crippen molar-refractivity contribution in [3.8, 4) is 5.75 Å². The molecule has 37 heavy (non-hydrogen) atoms. The summed E-state index contributed by atoms with van der Waals surface area (Å²) >= 11 is 0. The standard InChI is InChI=1S/C25H28F2N2O6S2/c1-36(30,31)22-8-4-9-23(16-22)37(32,33)29(18-21-7-5-15-34-21)20-11-13-28(14-12-20)17-19-6-2-3-10-24(19)35-25(26)27/h2-10,15-16,20,25H,11-14,17-18H2,1H3. The minimum absolute atomic E-state index is 0.00579.